The predicted molar refractivity (Wildman–Crippen MR) is 112 cm³/mol. The summed E-state index contributed by atoms with van der Waals surface area (Å²) in [4.78, 5) is 35.5. The number of rotatable bonds is 1. The lowest BCUT2D eigenvalue weighted by Gasteiger charge is -2.38. The van der Waals surface area contributed by atoms with Gasteiger partial charge in [0.25, 0.3) is 0 Å². The number of hydrogen-bond donors (Lipinski definition) is 2. The van der Waals surface area contributed by atoms with Crippen LogP contribution in [0.2, 0.25) is 5.15 Å². The van der Waals surface area contributed by atoms with E-state index in [1.807, 2.05) is 0 Å². The van der Waals surface area contributed by atoms with E-state index in [0.29, 0.717) is 62.0 Å². The number of nitrogens with two attached hydrogens (primary N) is 1. The number of ketones is 2. The lowest BCUT2D eigenvalue weighted by Crippen LogP contribution is -2.46. The van der Waals surface area contributed by atoms with Gasteiger partial charge in [-0.15, -0.1) is 0 Å². The van der Waals surface area contributed by atoms with Gasteiger partial charge in [0.1, 0.15) is 10.9 Å². The molecule has 0 radical (unpaired) electrons. The first-order valence-electron chi connectivity index (χ1n) is 10.9. The molecule has 3 fully saturated rings. The van der Waals surface area contributed by atoms with E-state index in [0.717, 1.165) is 43.5 Å². The average molecular weight is 431 g/mol. The highest BCUT2D eigenvalue weighted by Gasteiger charge is 2.49. The van der Waals surface area contributed by atoms with E-state index in [2.05, 4.69) is 10.3 Å². The number of aromatic nitrogens is 2. The molecule has 2 aliphatic heterocycles. The molecule has 1 aromatic heterocycles. The van der Waals surface area contributed by atoms with Crippen molar-refractivity contribution >= 4 is 28.9 Å². The molecule has 0 bridgehead atoms. The summed E-state index contributed by atoms with van der Waals surface area (Å²) in [5, 5.41) is 3.76. The third-order valence-corrected chi connectivity index (χ3v) is 7.74. The molecule has 2 saturated carbocycles. The highest BCUT2D eigenvalue weighted by molar-refractivity contribution is 6.30. The molecule has 8 heteroatoms. The van der Waals surface area contributed by atoms with E-state index >= 15 is 0 Å². The molecule has 0 unspecified atom stereocenters. The standard InChI is InChI=1S/C22H27ClN4O3/c23-19-14-10-25-11-21(8-9-30-12-21)17(14)26-20(27-19)16(24)13-4-3-7-22(18(13)29)6-2-1-5-15(22)28/h25H,1-12,24H2/b16-13-/t21-,22+/m0/s1. The fraction of sp³-hybridized carbons (Fsp3) is 0.636. The molecular formula is C22H27ClN4O3. The maximum atomic E-state index is 13.5. The quantitative estimate of drug-likeness (QED) is 0.400. The molecule has 2 spiro atoms. The molecular weight excluding hydrogens is 404 g/mol. The van der Waals surface area contributed by atoms with Crippen LogP contribution < -0.4 is 11.1 Å². The van der Waals surface area contributed by atoms with Gasteiger partial charge in [-0.3, -0.25) is 9.59 Å². The summed E-state index contributed by atoms with van der Waals surface area (Å²) in [5.74, 6) is 0.255. The van der Waals surface area contributed by atoms with Crippen LogP contribution in [-0.4, -0.2) is 41.3 Å². The average Bonchev–Trinajstić information content (AvgIpc) is 3.21. The highest BCUT2D eigenvalue weighted by atomic mass is 35.5. The van der Waals surface area contributed by atoms with Crippen LogP contribution in [0.4, 0.5) is 0 Å². The summed E-state index contributed by atoms with van der Waals surface area (Å²) in [6, 6.07) is 0. The van der Waals surface area contributed by atoms with E-state index in [4.69, 9.17) is 27.1 Å². The largest absolute Gasteiger partial charge is 0.395 e. The van der Waals surface area contributed by atoms with Crippen LogP contribution in [0.15, 0.2) is 5.57 Å². The Morgan fingerprint density at radius 2 is 1.93 bits per heavy atom. The van der Waals surface area contributed by atoms with E-state index in [-0.39, 0.29) is 22.7 Å². The molecule has 30 heavy (non-hydrogen) atoms. The SMILES string of the molecule is N/C(=C1/CCC[C@@]2(CCCCC2=O)C1=O)c1nc(Cl)c2c(n1)[C@@]1(CCOC1)CNC2. The number of halogens is 1. The highest BCUT2D eigenvalue weighted by Crippen LogP contribution is 2.46. The van der Waals surface area contributed by atoms with Crippen LogP contribution in [0.3, 0.4) is 0 Å². The lowest BCUT2D eigenvalue weighted by atomic mass is 9.62. The second kappa shape index (κ2) is 7.39. The molecule has 7 nitrogen and oxygen atoms in total. The number of Topliss-reactive ketones (excluding diaryl/α,β-unsaturated/α-hetero) is 2. The van der Waals surface area contributed by atoms with Gasteiger partial charge in [0.15, 0.2) is 11.6 Å². The van der Waals surface area contributed by atoms with Crippen molar-refractivity contribution in [1.82, 2.24) is 15.3 Å². The maximum Gasteiger partial charge on any atom is 0.177 e. The number of fused-ring (bicyclic) bond motifs is 2. The number of allylic oxidation sites excluding steroid dienone is 1. The minimum absolute atomic E-state index is 0.0706. The van der Waals surface area contributed by atoms with Gasteiger partial charge in [0.05, 0.1) is 28.8 Å². The third kappa shape index (κ3) is 2.93. The summed E-state index contributed by atoms with van der Waals surface area (Å²) in [6.07, 6.45) is 5.67. The Hall–Kier alpha value is -1.83. The Labute approximate surface area is 180 Å². The van der Waals surface area contributed by atoms with Crippen molar-refractivity contribution < 1.29 is 14.3 Å². The van der Waals surface area contributed by atoms with Crippen molar-refractivity contribution in [3.63, 3.8) is 0 Å². The van der Waals surface area contributed by atoms with E-state index in [9.17, 15) is 9.59 Å². The minimum atomic E-state index is -0.890. The van der Waals surface area contributed by atoms with Gasteiger partial charge in [-0.1, -0.05) is 18.0 Å². The van der Waals surface area contributed by atoms with Crippen molar-refractivity contribution in [2.24, 2.45) is 11.1 Å². The van der Waals surface area contributed by atoms with E-state index in [1.54, 1.807) is 0 Å². The second-order valence-corrected chi connectivity index (χ2v) is 9.50. The first kappa shape index (κ1) is 20.1. The molecule has 3 heterocycles. The van der Waals surface area contributed by atoms with Crippen LogP contribution in [0.25, 0.3) is 5.70 Å². The van der Waals surface area contributed by atoms with Gasteiger partial charge >= 0.3 is 0 Å². The van der Waals surface area contributed by atoms with Crippen molar-refractivity contribution in [3.8, 4) is 0 Å². The van der Waals surface area contributed by atoms with Gasteiger partial charge in [0.2, 0.25) is 0 Å². The zero-order valence-corrected chi connectivity index (χ0v) is 17.8. The number of carbonyl (C=O) groups excluding carboxylic acids is 2. The molecule has 4 aliphatic rings. The molecule has 2 atom stereocenters. The first-order valence-corrected chi connectivity index (χ1v) is 11.3. The zero-order valence-electron chi connectivity index (χ0n) is 17.1. The number of nitrogens with one attached hydrogen (secondary N) is 1. The Bertz CT molecular complexity index is 950. The molecule has 0 aromatic carbocycles. The van der Waals surface area contributed by atoms with Crippen molar-refractivity contribution in [1.29, 1.82) is 0 Å². The lowest BCUT2D eigenvalue weighted by molar-refractivity contribution is -0.143. The molecule has 0 amide bonds. The van der Waals surface area contributed by atoms with Crippen molar-refractivity contribution in [2.45, 2.75) is 63.3 Å². The monoisotopic (exact) mass is 430 g/mol. The number of hydrogen-bond acceptors (Lipinski definition) is 7. The van der Waals surface area contributed by atoms with Crippen molar-refractivity contribution in [3.05, 3.63) is 27.8 Å². The van der Waals surface area contributed by atoms with Crippen LogP contribution in [-0.2, 0) is 26.3 Å². The van der Waals surface area contributed by atoms with E-state index in [1.165, 1.54) is 0 Å². The predicted octanol–water partition coefficient (Wildman–Crippen LogP) is 2.44. The Kier molecular flexibility index (Phi) is 4.95. The number of carbonyl (C=O) groups is 2. The number of nitrogens with zero attached hydrogens (tertiary/aromatic N) is 2. The fourth-order valence-electron chi connectivity index (χ4n) is 5.69. The fourth-order valence-corrected chi connectivity index (χ4v) is 5.92. The van der Waals surface area contributed by atoms with Crippen LogP contribution in [0.1, 0.15) is 68.4 Å². The summed E-state index contributed by atoms with van der Waals surface area (Å²) < 4.78 is 5.68. The molecule has 160 valence electrons. The molecule has 5 rings (SSSR count). The van der Waals surface area contributed by atoms with Crippen molar-refractivity contribution in [2.75, 3.05) is 19.8 Å². The smallest absolute Gasteiger partial charge is 0.177 e. The van der Waals surface area contributed by atoms with Gasteiger partial charge < -0.3 is 15.8 Å². The Morgan fingerprint density at radius 3 is 2.70 bits per heavy atom. The molecule has 2 aliphatic carbocycles. The summed E-state index contributed by atoms with van der Waals surface area (Å²) in [6.45, 7) is 2.62. The minimum Gasteiger partial charge on any atom is -0.395 e. The number of ether oxygens (including phenoxy) is 1. The van der Waals surface area contributed by atoms with E-state index < -0.39 is 5.41 Å². The normalized spacial score (nSPS) is 33.2. The van der Waals surface area contributed by atoms with Crippen LogP contribution >= 0.6 is 11.6 Å². The topological polar surface area (TPSA) is 107 Å². The van der Waals surface area contributed by atoms with Gasteiger partial charge in [-0.05, 0) is 38.5 Å². The summed E-state index contributed by atoms with van der Waals surface area (Å²) in [5.41, 5.74) is 7.90. The third-order valence-electron chi connectivity index (χ3n) is 7.42. The first-order chi connectivity index (χ1) is 14.5. The Morgan fingerprint density at radius 1 is 1.10 bits per heavy atom. The van der Waals surface area contributed by atoms with Gasteiger partial charge in [-0.25, -0.2) is 9.97 Å². The molecule has 3 N–H and O–H groups in total. The second-order valence-electron chi connectivity index (χ2n) is 9.14. The maximum absolute atomic E-state index is 13.5. The van der Waals surface area contributed by atoms with Crippen LogP contribution in [0, 0.1) is 5.41 Å². The summed E-state index contributed by atoms with van der Waals surface area (Å²) in [7, 11) is 0. The molecule has 1 saturated heterocycles. The van der Waals surface area contributed by atoms with Gasteiger partial charge in [0, 0.05) is 37.3 Å². The van der Waals surface area contributed by atoms with Crippen LogP contribution in [0.5, 0.6) is 0 Å². The van der Waals surface area contributed by atoms with Gasteiger partial charge in [-0.2, -0.15) is 0 Å². The zero-order chi connectivity index (χ0) is 20.9. The Balaban J connectivity index is 1.59. The molecule has 1 aromatic rings. The summed E-state index contributed by atoms with van der Waals surface area (Å²) >= 11 is 6.54.